The van der Waals surface area contributed by atoms with Gasteiger partial charge in [-0.25, -0.2) is 4.79 Å². The Labute approximate surface area is 82.0 Å². The second-order valence-corrected chi connectivity index (χ2v) is 9.20. The molecule has 0 saturated carbocycles. The van der Waals surface area contributed by atoms with Gasteiger partial charge in [-0.1, -0.05) is 45.5 Å². The van der Waals surface area contributed by atoms with Crippen LogP contribution in [-0.2, 0) is 9.53 Å². The number of hydrogen-bond acceptors (Lipinski definition) is 2. The molecule has 0 aromatic carbocycles. The van der Waals surface area contributed by atoms with Crippen molar-refractivity contribution in [1.82, 2.24) is 0 Å². The summed E-state index contributed by atoms with van der Waals surface area (Å²) in [5.74, 6) is -0.294. The van der Waals surface area contributed by atoms with Gasteiger partial charge in [-0.2, -0.15) is 0 Å². The molecule has 0 saturated heterocycles. The van der Waals surface area contributed by atoms with E-state index in [4.69, 9.17) is 4.74 Å². The summed E-state index contributed by atoms with van der Waals surface area (Å²) in [5, 5.41) is 0. The van der Waals surface area contributed by atoms with Gasteiger partial charge in [-0.3, -0.25) is 0 Å². The Morgan fingerprint density at radius 2 is 2.15 bits per heavy atom. The van der Waals surface area contributed by atoms with Crippen molar-refractivity contribution in [3.8, 4) is 0 Å². The molecule has 0 heterocycles. The Balaban J connectivity index is 3.74. The molecule has 0 aliphatic carbocycles. The molecule has 76 valence electrons. The van der Waals surface area contributed by atoms with Crippen LogP contribution in [0.15, 0.2) is 12.7 Å². The molecule has 13 heavy (non-hydrogen) atoms. The van der Waals surface area contributed by atoms with Crippen molar-refractivity contribution in [2.45, 2.75) is 38.9 Å². The molecule has 3 heteroatoms. The maximum Gasteiger partial charge on any atom is 0.329 e. The van der Waals surface area contributed by atoms with Crippen LogP contribution >= 0.6 is 0 Å². The second kappa shape index (κ2) is 5.97. The van der Waals surface area contributed by atoms with E-state index in [0.29, 0.717) is 6.23 Å². The SMILES string of the molecule is C=CC(=O)OC[Si](C)(C)CCCC. The van der Waals surface area contributed by atoms with Gasteiger partial charge in [0.2, 0.25) is 0 Å². The standard InChI is InChI=1S/C10H20O2Si/c1-5-7-8-13(3,4)9-12-10(11)6-2/h6H,2,5,7-9H2,1,3-4H3. The number of carbonyl (C=O) groups excluding carboxylic acids is 1. The molecule has 2 nitrogen and oxygen atoms in total. The molecule has 0 amide bonds. The number of hydrogen-bond donors (Lipinski definition) is 0. The predicted molar refractivity (Wildman–Crippen MR) is 58.4 cm³/mol. The number of ether oxygens (including phenoxy) is 1. The van der Waals surface area contributed by atoms with Gasteiger partial charge < -0.3 is 4.74 Å². The van der Waals surface area contributed by atoms with E-state index in [-0.39, 0.29) is 5.97 Å². The number of carbonyl (C=O) groups is 1. The van der Waals surface area contributed by atoms with E-state index in [1.807, 2.05) is 0 Å². The van der Waals surface area contributed by atoms with E-state index >= 15 is 0 Å². The van der Waals surface area contributed by atoms with Crippen LogP contribution in [0.2, 0.25) is 19.1 Å². The van der Waals surface area contributed by atoms with Crippen LogP contribution in [0.1, 0.15) is 19.8 Å². The minimum Gasteiger partial charge on any atom is -0.466 e. The first-order chi connectivity index (χ1) is 6.02. The molecule has 0 rings (SSSR count). The van der Waals surface area contributed by atoms with Gasteiger partial charge in [0.15, 0.2) is 0 Å². The molecular formula is C10H20O2Si. The van der Waals surface area contributed by atoms with Gasteiger partial charge in [-0.05, 0) is 0 Å². The average molecular weight is 200 g/mol. The van der Waals surface area contributed by atoms with Gasteiger partial charge in [-0.15, -0.1) is 0 Å². The molecule has 0 unspecified atom stereocenters. The molecule has 0 aliphatic rings. The summed E-state index contributed by atoms with van der Waals surface area (Å²) in [4.78, 5) is 10.8. The Hall–Kier alpha value is -0.573. The topological polar surface area (TPSA) is 26.3 Å². The van der Waals surface area contributed by atoms with E-state index in [9.17, 15) is 4.79 Å². The Bertz CT molecular complexity index is 176. The molecule has 0 aromatic heterocycles. The van der Waals surface area contributed by atoms with Crippen LogP contribution in [0.25, 0.3) is 0 Å². The summed E-state index contributed by atoms with van der Waals surface area (Å²) in [6.07, 6.45) is 4.30. The number of unbranched alkanes of at least 4 members (excludes halogenated alkanes) is 1. The van der Waals surface area contributed by atoms with Gasteiger partial charge in [0.05, 0.1) is 14.3 Å². The normalized spacial score (nSPS) is 11.0. The third-order valence-electron chi connectivity index (χ3n) is 1.98. The van der Waals surface area contributed by atoms with Crippen LogP contribution in [0, 0.1) is 0 Å². The summed E-state index contributed by atoms with van der Waals surface area (Å²) in [6, 6.07) is 1.23. The molecule has 0 spiro atoms. The highest BCUT2D eigenvalue weighted by atomic mass is 28.3. The van der Waals surface area contributed by atoms with Crippen LogP contribution < -0.4 is 0 Å². The third kappa shape index (κ3) is 6.58. The van der Waals surface area contributed by atoms with Crippen LogP contribution in [0.5, 0.6) is 0 Å². The number of esters is 1. The fourth-order valence-corrected chi connectivity index (χ4v) is 3.04. The van der Waals surface area contributed by atoms with Gasteiger partial charge in [0.25, 0.3) is 0 Å². The van der Waals surface area contributed by atoms with Crippen molar-refractivity contribution in [2.75, 3.05) is 6.23 Å². The average Bonchev–Trinajstić information content (AvgIpc) is 2.11. The molecule has 0 fully saturated rings. The van der Waals surface area contributed by atoms with E-state index in [1.165, 1.54) is 25.0 Å². The van der Waals surface area contributed by atoms with Crippen LogP contribution in [0.4, 0.5) is 0 Å². The van der Waals surface area contributed by atoms with E-state index in [1.54, 1.807) is 0 Å². The van der Waals surface area contributed by atoms with E-state index in [0.717, 1.165) is 0 Å². The summed E-state index contributed by atoms with van der Waals surface area (Å²) >= 11 is 0. The minimum atomic E-state index is -1.29. The number of rotatable bonds is 6. The first kappa shape index (κ1) is 12.4. The first-order valence-corrected chi connectivity index (χ1v) is 8.22. The van der Waals surface area contributed by atoms with Crippen molar-refractivity contribution in [3.05, 3.63) is 12.7 Å². The highest BCUT2D eigenvalue weighted by Crippen LogP contribution is 2.13. The first-order valence-electron chi connectivity index (χ1n) is 4.81. The van der Waals surface area contributed by atoms with Crippen LogP contribution in [0.3, 0.4) is 0 Å². The van der Waals surface area contributed by atoms with Crippen molar-refractivity contribution in [3.63, 3.8) is 0 Å². The highest BCUT2D eigenvalue weighted by molar-refractivity contribution is 6.77. The fraction of sp³-hybridized carbons (Fsp3) is 0.700. The largest absolute Gasteiger partial charge is 0.466 e. The summed E-state index contributed by atoms with van der Waals surface area (Å²) < 4.78 is 5.06. The lowest BCUT2D eigenvalue weighted by Crippen LogP contribution is -2.33. The fourth-order valence-electron chi connectivity index (χ4n) is 1.05. The molecule has 0 aromatic rings. The lowest BCUT2D eigenvalue weighted by molar-refractivity contribution is -0.136. The molecule has 0 bridgehead atoms. The highest BCUT2D eigenvalue weighted by Gasteiger charge is 2.21. The lowest BCUT2D eigenvalue weighted by atomic mass is 10.4. The zero-order valence-electron chi connectivity index (χ0n) is 8.93. The Morgan fingerprint density at radius 3 is 2.62 bits per heavy atom. The zero-order valence-corrected chi connectivity index (χ0v) is 9.93. The van der Waals surface area contributed by atoms with Crippen molar-refractivity contribution < 1.29 is 9.53 Å². The minimum absolute atomic E-state index is 0.294. The van der Waals surface area contributed by atoms with Gasteiger partial charge >= 0.3 is 5.97 Å². The van der Waals surface area contributed by atoms with E-state index < -0.39 is 8.07 Å². The Kier molecular flexibility index (Phi) is 5.71. The monoisotopic (exact) mass is 200 g/mol. The van der Waals surface area contributed by atoms with Gasteiger partial charge in [0, 0.05) is 6.08 Å². The third-order valence-corrected chi connectivity index (χ3v) is 4.61. The summed E-state index contributed by atoms with van der Waals surface area (Å²) in [6.45, 7) is 10.0. The summed E-state index contributed by atoms with van der Waals surface area (Å²) in [7, 11) is -1.29. The maximum atomic E-state index is 10.8. The molecule has 0 N–H and O–H groups in total. The smallest absolute Gasteiger partial charge is 0.329 e. The molecule has 0 aliphatic heterocycles. The molecule has 0 atom stereocenters. The van der Waals surface area contributed by atoms with Crippen LogP contribution in [-0.4, -0.2) is 20.3 Å². The van der Waals surface area contributed by atoms with Crippen molar-refractivity contribution >= 4 is 14.0 Å². The van der Waals surface area contributed by atoms with Gasteiger partial charge in [0.1, 0.15) is 0 Å². The predicted octanol–water partition coefficient (Wildman–Crippen LogP) is 2.76. The molecular weight excluding hydrogens is 180 g/mol. The van der Waals surface area contributed by atoms with E-state index in [2.05, 4.69) is 26.6 Å². The quantitative estimate of drug-likeness (QED) is 0.374. The van der Waals surface area contributed by atoms with Crippen molar-refractivity contribution in [1.29, 1.82) is 0 Å². The second-order valence-electron chi connectivity index (χ2n) is 4.08. The molecule has 0 radical (unpaired) electrons. The maximum absolute atomic E-state index is 10.8. The summed E-state index contributed by atoms with van der Waals surface area (Å²) in [5.41, 5.74) is 0. The van der Waals surface area contributed by atoms with Crippen molar-refractivity contribution in [2.24, 2.45) is 0 Å². The Morgan fingerprint density at radius 1 is 1.54 bits per heavy atom. The zero-order chi connectivity index (χ0) is 10.3. The lowest BCUT2D eigenvalue weighted by Gasteiger charge is -2.20.